The van der Waals surface area contributed by atoms with Crippen LogP contribution in [0.5, 0.6) is 0 Å². The van der Waals surface area contributed by atoms with Crippen molar-refractivity contribution in [3.63, 3.8) is 0 Å². The summed E-state index contributed by atoms with van der Waals surface area (Å²) in [5.74, 6) is 0.510. The summed E-state index contributed by atoms with van der Waals surface area (Å²) >= 11 is 5.96. The van der Waals surface area contributed by atoms with Gasteiger partial charge >= 0.3 is 0 Å². The maximum absolute atomic E-state index is 11.9. The zero-order valence-electron chi connectivity index (χ0n) is 12.1. The molecule has 0 bridgehead atoms. The molecule has 114 valence electrons. The Morgan fingerprint density at radius 2 is 1.95 bits per heavy atom. The molecule has 1 unspecified atom stereocenters. The summed E-state index contributed by atoms with van der Waals surface area (Å²) in [4.78, 5) is 0. The molecular weight excluding hydrogens is 319 g/mol. The third-order valence-corrected chi connectivity index (χ3v) is 4.99. The van der Waals surface area contributed by atoms with Crippen molar-refractivity contribution in [2.24, 2.45) is 0 Å². The summed E-state index contributed by atoms with van der Waals surface area (Å²) < 4.78 is 25.9. The summed E-state index contributed by atoms with van der Waals surface area (Å²) in [7, 11) is 2.91. The first-order valence-corrected chi connectivity index (χ1v) is 8.52. The van der Waals surface area contributed by atoms with Crippen molar-refractivity contribution in [3.05, 3.63) is 23.8 Å². The molecule has 0 aliphatic carbocycles. The quantitative estimate of drug-likeness (QED) is 0.626. The Morgan fingerprint density at radius 3 is 2.40 bits per heavy atom. The van der Waals surface area contributed by atoms with Crippen LogP contribution in [-0.2, 0) is 10.0 Å². The number of hydrogen-bond acceptors (Lipinski definition) is 2. The lowest BCUT2D eigenvalue weighted by atomic mass is 10.0. The average Bonchev–Trinajstić information content (AvgIpc) is 2.65. The zero-order chi connectivity index (χ0) is 14.4. The zero-order valence-corrected chi connectivity index (χ0v) is 14.5. The van der Waals surface area contributed by atoms with Crippen LogP contribution in [0.15, 0.2) is 18.2 Å². The van der Waals surface area contributed by atoms with Crippen LogP contribution in [0.3, 0.4) is 0 Å². The summed E-state index contributed by atoms with van der Waals surface area (Å²) in [6, 6.07) is 6.01. The van der Waals surface area contributed by atoms with Crippen LogP contribution in [-0.4, -0.2) is 48.2 Å². The van der Waals surface area contributed by atoms with E-state index in [1.807, 2.05) is 18.2 Å². The Labute approximate surface area is 132 Å². The van der Waals surface area contributed by atoms with E-state index in [2.05, 4.69) is 21.1 Å². The first kappa shape index (κ1) is 17.6. The third kappa shape index (κ3) is 3.22. The van der Waals surface area contributed by atoms with E-state index in [1.54, 1.807) is 0 Å². The molecule has 0 radical (unpaired) electrons. The minimum absolute atomic E-state index is 0. The number of benzene rings is 1. The molecule has 0 fully saturated rings. The Balaban J connectivity index is 0.00000200. The van der Waals surface area contributed by atoms with Gasteiger partial charge in [0.1, 0.15) is 5.69 Å². The number of anilines is 1. The second-order valence-electron chi connectivity index (χ2n) is 5.90. The molecule has 2 rings (SSSR count). The standard InChI is InChI=1S/C13H20ClN2O2S.ClH/c1-16(2,3)11-5-6-12-10(8-14)9-15(13(12)7-11)19(4,17)18;/h5-7,10H,8-9H2,1-4H3;1H/q+1;. The third-order valence-electron chi connectivity index (χ3n) is 3.47. The number of sulfonamides is 1. The van der Waals surface area contributed by atoms with E-state index in [0.29, 0.717) is 16.9 Å². The van der Waals surface area contributed by atoms with Gasteiger partial charge in [0.15, 0.2) is 0 Å². The van der Waals surface area contributed by atoms with E-state index < -0.39 is 10.0 Å². The van der Waals surface area contributed by atoms with Gasteiger partial charge in [-0.25, -0.2) is 8.42 Å². The molecule has 1 heterocycles. The minimum Gasteiger partial charge on any atom is -0.298 e. The number of halogens is 2. The predicted molar refractivity (Wildman–Crippen MR) is 88.9 cm³/mol. The summed E-state index contributed by atoms with van der Waals surface area (Å²) in [6.07, 6.45) is 1.24. The van der Waals surface area contributed by atoms with E-state index in [4.69, 9.17) is 11.6 Å². The molecule has 0 amide bonds. The number of alkyl halides is 1. The number of quaternary nitrogens is 1. The molecule has 0 N–H and O–H groups in total. The Hall–Kier alpha value is -0.490. The van der Waals surface area contributed by atoms with Crippen LogP contribution in [0.2, 0.25) is 0 Å². The minimum atomic E-state index is -3.25. The highest BCUT2D eigenvalue weighted by Crippen LogP contribution is 2.40. The van der Waals surface area contributed by atoms with Gasteiger partial charge in [-0.1, -0.05) is 6.07 Å². The molecule has 1 atom stereocenters. The fourth-order valence-electron chi connectivity index (χ4n) is 2.35. The molecule has 0 aromatic heterocycles. The average molecular weight is 340 g/mol. The number of fused-ring (bicyclic) bond motifs is 1. The Kier molecular flexibility index (Phi) is 5.02. The molecule has 20 heavy (non-hydrogen) atoms. The van der Waals surface area contributed by atoms with Crippen molar-refractivity contribution < 1.29 is 8.42 Å². The lowest BCUT2D eigenvalue weighted by Gasteiger charge is -2.25. The van der Waals surface area contributed by atoms with Crippen molar-refractivity contribution >= 4 is 45.4 Å². The predicted octanol–water partition coefficient (Wildman–Crippen LogP) is 2.41. The first-order valence-electron chi connectivity index (χ1n) is 6.14. The van der Waals surface area contributed by atoms with Crippen molar-refractivity contribution in [3.8, 4) is 0 Å². The Bertz CT molecular complexity index is 597. The maximum Gasteiger partial charge on any atom is 0.232 e. The van der Waals surface area contributed by atoms with Gasteiger partial charge in [-0.3, -0.25) is 8.79 Å². The molecule has 1 aliphatic heterocycles. The van der Waals surface area contributed by atoms with E-state index in [1.165, 1.54) is 10.6 Å². The highest BCUT2D eigenvalue weighted by molar-refractivity contribution is 7.92. The lowest BCUT2D eigenvalue weighted by molar-refractivity contribution is 0.486. The summed E-state index contributed by atoms with van der Waals surface area (Å²) in [5, 5.41) is 0. The van der Waals surface area contributed by atoms with Gasteiger partial charge in [-0.2, -0.15) is 0 Å². The normalized spacial score (nSPS) is 18.6. The second-order valence-corrected chi connectivity index (χ2v) is 8.12. The van der Waals surface area contributed by atoms with Gasteiger partial charge in [-0.05, 0) is 11.6 Å². The summed E-state index contributed by atoms with van der Waals surface area (Å²) in [6.45, 7) is 0.443. The maximum atomic E-state index is 11.9. The fraction of sp³-hybridized carbons (Fsp3) is 0.538. The van der Waals surface area contributed by atoms with Gasteiger partial charge < -0.3 is 0 Å². The van der Waals surface area contributed by atoms with Crippen LogP contribution in [0.25, 0.3) is 0 Å². The van der Waals surface area contributed by atoms with Crippen LogP contribution in [0.1, 0.15) is 11.5 Å². The number of hydrogen-bond donors (Lipinski definition) is 0. The number of nitrogens with zero attached hydrogens (tertiary/aromatic N) is 2. The SMILES string of the molecule is C[N+](C)(C)c1ccc2c(c1)N(S(C)(=O)=O)CC2CCl.Cl. The monoisotopic (exact) mass is 339 g/mol. The smallest absolute Gasteiger partial charge is 0.232 e. The second kappa shape index (κ2) is 5.72. The van der Waals surface area contributed by atoms with Crippen molar-refractivity contribution in [2.75, 3.05) is 44.1 Å². The first-order chi connectivity index (χ1) is 8.64. The van der Waals surface area contributed by atoms with Crippen LogP contribution < -0.4 is 8.79 Å². The summed E-state index contributed by atoms with van der Waals surface area (Å²) in [5.41, 5.74) is 2.87. The Morgan fingerprint density at radius 1 is 1.35 bits per heavy atom. The van der Waals surface area contributed by atoms with Gasteiger partial charge in [0, 0.05) is 24.4 Å². The molecule has 1 aromatic carbocycles. The lowest BCUT2D eigenvalue weighted by Crippen LogP contribution is -2.35. The van der Waals surface area contributed by atoms with Crippen molar-refractivity contribution in [1.29, 1.82) is 0 Å². The molecule has 1 aliphatic rings. The van der Waals surface area contributed by atoms with Crippen molar-refractivity contribution in [2.45, 2.75) is 5.92 Å². The molecule has 0 saturated heterocycles. The topological polar surface area (TPSA) is 37.4 Å². The van der Waals surface area contributed by atoms with Crippen LogP contribution in [0.4, 0.5) is 11.4 Å². The van der Waals surface area contributed by atoms with Gasteiger partial charge in [0.2, 0.25) is 10.0 Å². The molecule has 0 saturated carbocycles. The highest BCUT2D eigenvalue weighted by Gasteiger charge is 2.34. The van der Waals surface area contributed by atoms with Crippen LogP contribution >= 0.6 is 24.0 Å². The van der Waals surface area contributed by atoms with Gasteiger partial charge in [-0.15, -0.1) is 24.0 Å². The van der Waals surface area contributed by atoms with Crippen LogP contribution in [0, 0.1) is 0 Å². The molecule has 1 aromatic rings. The van der Waals surface area contributed by atoms with Gasteiger partial charge in [0.05, 0.1) is 33.1 Å². The van der Waals surface area contributed by atoms with Gasteiger partial charge in [0.25, 0.3) is 0 Å². The molecule has 0 spiro atoms. The molecule has 4 nitrogen and oxygen atoms in total. The van der Waals surface area contributed by atoms with Crippen molar-refractivity contribution in [1.82, 2.24) is 4.48 Å². The molecular formula is C13H21Cl2N2O2S+. The van der Waals surface area contributed by atoms with E-state index in [-0.39, 0.29) is 18.3 Å². The van der Waals surface area contributed by atoms with E-state index in [9.17, 15) is 8.42 Å². The fourth-order valence-corrected chi connectivity index (χ4v) is 3.58. The highest BCUT2D eigenvalue weighted by atomic mass is 35.5. The molecule has 7 heteroatoms. The largest absolute Gasteiger partial charge is 0.298 e. The van der Waals surface area contributed by atoms with E-state index >= 15 is 0 Å². The van der Waals surface area contributed by atoms with E-state index in [0.717, 1.165) is 16.9 Å². The number of rotatable bonds is 3.